The zero-order valence-corrected chi connectivity index (χ0v) is 15.8. The van der Waals surface area contributed by atoms with E-state index >= 15 is 0 Å². The third-order valence-corrected chi connectivity index (χ3v) is 5.14. The van der Waals surface area contributed by atoms with E-state index in [0.29, 0.717) is 23.0 Å². The molecule has 0 aliphatic rings. The van der Waals surface area contributed by atoms with Gasteiger partial charge in [0.25, 0.3) is 5.91 Å². The monoisotopic (exact) mass is 378 g/mol. The van der Waals surface area contributed by atoms with Crippen LogP contribution in [0.5, 0.6) is 0 Å². The fourth-order valence-electron chi connectivity index (χ4n) is 2.79. The maximum atomic E-state index is 12.8. The summed E-state index contributed by atoms with van der Waals surface area (Å²) in [5.41, 5.74) is 2.40. The Bertz CT molecular complexity index is 1050. The molecule has 7 heteroatoms. The molecule has 0 aliphatic heterocycles. The van der Waals surface area contributed by atoms with Gasteiger partial charge in [0, 0.05) is 30.2 Å². The summed E-state index contributed by atoms with van der Waals surface area (Å²) in [6.07, 6.45) is 5.31. The van der Waals surface area contributed by atoms with Crippen molar-refractivity contribution in [3.05, 3.63) is 77.3 Å². The second-order valence-corrected chi connectivity index (χ2v) is 7.39. The van der Waals surface area contributed by atoms with Gasteiger partial charge < -0.3 is 9.32 Å². The summed E-state index contributed by atoms with van der Waals surface area (Å²) in [6, 6.07) is 13.5. The molecule has 4 rings (SSSR count). The summed E-state index contributed by atoms with van der Waals surface area (Å²) in [7, 11) is 1.77. The maximum absolute atomic E-state index is 12.8. The van der Waals surface area contributed by atoms with Gasteiger partial charge in [-0.3, -0.25) is 4.79 Å². The molecule has 136 valence electrons. The zero-order valence-electron chi connectivity index (χ0n) is 15.0. The first-order valence-corrected chi connectivity index (χ1v) is 9.29. The highest BCUT2D eigenvalue weighted by Crippen LogP contribution is 2.28. The van der Waals surface area contributed by atoms with Gasteiger partial charge in [-0.05, 0) is 31.2 Å². The number of carbonyl (C=O) groups excluding carboxylic acids is 1. The van der Waals surface area contributed by atoms with Gasteiger partial charge in [-0.25, -0.2) is 9.67 Å². The third kappa shape index (κ3) is 3.54. The molecule has 0 fully saturated rings. The topological polar surface area (TPSA) is 64.2 Å². The predicted molar refractivity (Wildman–Crippen MR) is 104 cm³/mol. The van der Waals surface area contributed by atoms with Gasteiger partial charge >= 0.3 is 0 Å². The van der Waals surface area contributed by atoms with Crippen LogP contribution in [0.25, 0.3) is 16.5 Å². The van der Waals surface area contributed by atoms with Crippen LogP contribution in [0.1, 0.15) is 20.9 Å². The van der Waals surface area contributed by atoms with Crippen LogP contribution in [0.2, 0.25) is 0 Å². The van der Waals surface area contributed by atoms with E-state index < -0.39 is 0 Å². The first-order valence-electron chi connectivity index (χ1n) is 8.47. The largest absolute Gasteiger partial charge is 0.462 e. The van der Waals surface area contributed by atoms with Gasteiger partial charge in [0.1, 0.15) is 5.69 Å². The van der Waals surface area contributed by atoms with Gasteiger partial charge in [0.15, 0.2) is 10.8 Å². The number of amides is 1. The lowest BCUT2D eigenvalue weighted by molar-refractivity contribution is 0.0779. The first-order chi connectivity index (χ1) is 13.1. The molecule has 0 atom stereocenters. The molecule has 0 spiro atoms. The number of thiazole rings is 1. The van der Waals surface area contributed by atoms with Crippen molar-refractivity contribution in [3.8, 4) is 16.5 Å². The molecule has 0 aliphatic carbocycles. The van der Waals surface area contributed by atoms with Crippen molar-refractivity contribution in [2.45, 2.75) is 13.5 Å². The Morgan fingerprint density at radius 1 is 1.22 bits per heavy atom. The third-order valence-electron chi connectivity index (χ3n) is 4.15. The van der Waals surface area contributed by atoms with Gasteiger partial charge in [0.2, 0.25) is 0 Å². The van der Waals surface area contributed by atoms with Crippen LogP contribution in [0.3, 0.4) is 0 Å². The Hall–Kier alpha value is -3.19. The van der Waals surface area contributed by atoms with E-state index in [0.717, 1.165) is 16.1 Å². The van der Waals surface area contributed by atoms with Crippen LogP contribution < -0.4 is 0 Å². The predicted octanol–water partition coefficient (Wildman–Crippen LogP) is 4.17. The number of hydrogen-bond acceptors (Lipinski definition) is 5. The number of para-hydroxylation sites is 1. The van der Waals surface area contributed by atoms with Crippen molar-refractivity contribution in [1.82, 2.24) is 19.7 Å². The molecule has 6 nitrogen and oxygen atoms in total. The van der Waals surface area contributed by atoms with Crippen molar-refractivity contribution in [2.24, 2.45) is 0 Å². The van der Waals surface area contributed by atoms with Crippen LogP contribution in [-0.4, -0.2) is 32.6 Å². The van der Waals surface area contributed by atoms with Crippen LogP contribution in [-0.2, 0) is 6.54 Å². The minimum Gasteiger partial charge on any atom is -0.462 e. The second kappa shape index (κ2) is 7.20. The Morgan fingerprint density at radius 3 is 2.78 bits per heavy atom. The minimum absolute atomic E-state index is 0.117. The lowest BCUT2D eigenvalue weighted by Gasteiger charge is -2.15. The quantitative estimate of drug-likeness (QED) is 0.523. The van der Waals surface area contributed by atoms with E-state index in [1.807, 2.05) is 55.6 Å². The lowest BCUT2D eigenvalue weighted by atomic mass is 10.3. The lowest BCUT2D eigenvalue weighted by Crippen LogP contribution is -2.26. The number of benzene rings is 1. The summed E-state index contributed by atoms with van der Waals surface area (Å²) >= 11 is 1.46. The molecule has 4 aromatic rings. The van der Waals surface area contributed by atoms with E-state index in [4.69, 9.17) is 4.42 Å². The molecule has 3 heterocycles. The van der Waals surface area contributed by atoms with Crippen LogP contribution >= 0.6 is 11.3 Å². The molecule has 1 amide bonds. The van der Waals surface area contributed by atoms with Crippen LogP contribution in [0.4, 0.5) is 0 Å². The standard InChI is InChI=1S/C20H18N4O2S/c1-14-18(22-19(27-14)17-9-6-10-26-17)20(25)23(2)12-15-11-21-24(13-15)16-7-4-3-5-8-16/h3-11,13H,12H2,1-2H3. The Labute approximate surface area is 160 Å². The summed E-state index contributed by atoms with van der Waals surface area (Å²) in [4.78, 5) is 19.8. The molecule has 0 saturated carbocycles. The van der Waals surface area contributed by atoms with Gasteiger partial charge in [-0.2, -0.15) is 5.10 Å². The van der Waals surface area contributed by atoms with Crippen molar-refractivity contribution < 1.29 is 9.21 Å². The average Bonchev–Trinajstić information content (AvgIpc) is 3.42. The number of rotatable bonds is 5. The summed E-state index contributed by atoms with van der Waals surface area (Å²) < 4.78 is 7.18. The fraction of sp³-hybridized carbons (Fsp3) is 0.150. The summed E-state index contributed by atoms with van der Waals surface area (Å²) in [6.45, 7) is 2.36. The highest BCUT2D eigenvalue weighted by molar-refractivity contribution is 7.15. The Morgan fingerprint density at radius 2 is 2.04 bits per heavy atom. The molecule has 0 radical (unpaired) electrons. The van der Waals surface area contributed by atoms with Gasteiger partial charge in [-0.15, -0.1) is 11.3 Å². The molecule has 1 aromatic carbocycles. The minimum atomic E-state index is -0.117. The van der Waals surface area contributed by atoms with Crippen LogP contribution in [0.15, 0.2) is 65.5 Å². The molecular formula is C20H18N4O2S. The van der Waals surface area contributed by atoms with Crippen molar-refractivity contribution >= 4 is 17.2 Å². The molecule has 0 unspecified atom stereocenters. The van der Waals surface area contributed by atoms with E-state index in [9.17, 15) is 4.79 Å². The van der Waals surface area contributed by atoms with Gasteiger partial charge in [-0.1, -0.05) is 18.2 Å². The first kappa shape index (κ1) is 17.2. The van der Waals surface area contributed by atoms with Crippen LogP contribution in [0, 0.1) is 6.92 Å². The van der Waals surface area contributed by atoms with Crippen molar-refractivity contribution in [1.29, 1.82) is 0 Å². The fourth-order valence-corrected chi connectivity index (χ4v) is 3.66. The van der Waals surface area contributed by atoms with Gasteiger partial charge in [0.05, 0.1) is 18.1 Å². The molecule has 27 heavy (non-hydrogen) atoms. The van der Waals surface area contributed by atoms with Crippen molar-refractivity contribution in [3.63, 3.8) is 0 Å². The van der Waals surface area contributed by atoms with Crippen molar-refractivity contribution in [2.75, 3.05) is 7.05 Å². The number of carbonyl (C=O) groups is 1. The molecule has 0 bridgehead atoms. The highest BCUT2D eigenvalue weighted by Gasteiger charge is 2.21. The number of nitrogens with zero attached hydrogens (tertiary/aromatic N) is 4. The summed E-state index contributed by atoms with van der Waals surface area (Å²) in [5, 5.41) is 5.09. The molecular weight excluding hydrogens is 360 g/mol. The number of aryl methyl sites for hydroxylation is 1. The smallest absolute Gasteiger partial charge is 0.273 e. The normalized spacial score (nSPS) is 10.9. The SMILES string of the molecule is Cc1sc(-c2ccco2)nc1C(=O)N(C)Cc1cnn(-c2ccccc2)c1. The summed E-state index contributed by atoms with van der Waals surface area (Å²) in [5.74, 6) is 0.558. The van der Waals surface area contributed by atoms with E-state index in [1.165, 1.54) is 11.3 Å². The zero-order chi connectivity index (χ0) is 18.8. The Kier molecular flexibility index (Phi) is 4.60. The molecule has 3 aromatic heterocycles. The number of hydrogen-bond donors (Lipinski definition) is 0. The Balaban J connectivity index is 1.50. The molecule has 0 saturated heterocycles. The maximum Gasteiger partial charge on any atom is 0.273 e. The van der Waals surface area contributed by atoms with E-state index in [1.54, 1.807) is 29.1 Å². The average molecular weight is 378 g/mol. The number of aromatic nitrogens is 3. The number of furan rings is 1. The molecule has 0 N–H and O–H groups in total. The van der Waals surface area contributed by atoms with E-state index in [2.05, 4.69) is 10.1 Å². The second-order valence-electron chi connectivity index (χ2n) is 6.19. The van der Waals surface area contributed by atoms with E-state index in [-0.39, 0.29) is 5.91 Å². The highest BCUT2D eigenvalue weighted by atomic mass is 32.1.